The number of carbonyl (C=O) groups excluding carboxylic acids is 2. The second-order valence-corrected chi connectivity index (χ2v) is 6.52. The fourth-order valence-electron chi connectivity index (χ4n) is 2.73. The van der Waals surface area contributed by atoms with Gasteiger partial charge in [0.05, 0.1) is 19.2 Å². The monoisotopic (exact) mass is 330 g/mol. The molecule has 0 unspecified atom stereocenters. The minimum absolute atomic E-state index is 0.00648. The molecule has 0 N–H and O–H groups in total. The van der Waals surface area contributed by atoms with Gasteiger partial charge < -0.3 is 9.64 Å². The molecule has 0 radical (unpaired) electrons. The first-order valence-electron chi connectivity index (χ1n) is 7.57. The number of aromatic nitrogens is 1. The van der Waals surface area contributed by atoms with Crippen molar-refractivity contribution in [1.29, 1.82) is 0 Å². The first-order chi connectivity index (χ1) is 11.2. The van der Waals surface area contributed by atoms with Gasteiger partial charge in [0, 0.05) is 18.7 Å². The van der Waals surface area contributed by atoms with Crippen molar-refractivity contribution in [2.45, 2.75) is 12.8 Å². The molecule has 23 heavy (non-hydrogen) atoms. The summed E-state index contributed by atoms with van der Waals surface area (Å²) in [5, 5.41) is 0.846. The van der Waals surface area contributed by atoms with Crippen LogP contribution in [0.2, 0.25) is 0 Å². The van der Waals surface area contributed by atoms with Crippen LogP contribution in [0.25, 0.3) is 10.6 Å². The third kappa shape index (κ3) is 3.42. The highest BCUT2D eigenvalue weighted by molar-refractivity contribution is 7.16. The third-order valence-electron chi connectivity index (χ3n) is 4.05. The summed E-state index contributed by atoms with van der Waals surface area (Å²) in [4.78, 5) is 30.9. The molecule has 0 bridgehead atoms. The lowest BCUT2D eigenvalue weighted by Gasteiger charge is -2.30. The molecule has 1 fully saturated rings. The van der Waals surface area contributed by atoms with Gasteiger partial charge in [-0.1, -0.05) is 30.3 Å². The number of hydrogen-bond donors (Lipinski definition) is 0. The van der Waals surface area contributed by atoms with E-state index in [2.05, 4.69) is 4.98 Å². The standard InChI is InChI=1S/C17H18N2O3S/c1-22-17(21)13-7-9-19(10-8-13)16(20)14-11-18-15(23-14)12-5-3-2-4-6-12/h2-6,11,13H,7-10H2,1H3. The van der Waals surface area contributed by atoms with Gasteiger partial charge in [0.1, 0.15) is 9.88 Å². The minimum atomic E-state index is -0.179. The maximum absolute atomic E-state index is 12.6. The summed E-state index contributed by atoms with van der Waals surface area (Å²) >= 11 is 1.41. The van der Waals surface area contributed by atoms with Gasteiger partial charge in [-0.3, -0.25) is 9.59 Å². The van der Waals surface area contributed by atoms with Crippen molar-refractivity contribution in [3.05, 3.63) is 41.4 Å². The molecule has 2 heterocycles. The van der Waals surface area contributed by atoms with Crippen LogP contribution in [0.5, 0.6) is 0 Å². The van der Waals surface area contributed by atoms with Crippen molar-refractivity contribution in [2.75, 3.05) is 20.2 Å². The first kappa shape index (κ1) is 15.7. The normalized spacial score (nSPS) is 15.4. The van der Waals surface area contributed by atoms with E-state index in [1.54, 1.807) is 11.1 Å². The zero-order chi connectivity index (χ0) is 16.2. The molecule has 0 aliphatic carbocycles. The largest absolute Gasteiger partial charge is 0.469 e. The summed E-state index contributed by atoms with van der Waals surface area (Å²) in [7, 11) is 1.41. The topological polar surface area (TPSA) is 59.5 Å². The van der Waals surface area contributed by atoms with E-state index >= 15 is 0 Å². The molecule has 5 nitrogen and oxygen atoms in total. The fourth-order valence-corrected chi connectivity index (χ4v) is 3.62. The number of ether oxygens (including phenoxy) is 1. The van der Waals surface area contributed by atoms with Gasteiger partial charge in [-0.25, -0.2) is 4.98 Å². The number of carbonyl (C=O) groups is 2. The molecule has 1 saturated heterocycles. The van der Waals surface area contributed by atoms with Crippen LogP contribution in [-0.2, 0) is 9.53 Å². The lowest BCUT2D eigenvalue weighted by Crippen LogP contribution is -2.40. The molecule has 1 aromatic carbocycles. The number of nitrogens with zero attached hydrogens (tertiary/aromatic N) is 2. The molecule has 6 heteroatoms. The van der Waals surface area contributed by atoms with E-state index in [0.717, 1.165) is 10.6 Å². The van der Waals surface area contributed by atoms with Gasteiger partial charge in [-0.05, 0) is 12.8 Å². The minimum Gasteiger partial charge on any atom is -0.469 e. The van der Waals surface area contributed by atoms with Crippen LogP contribution in [0.4, 0.5) is 0 Å². The second-order valence-electron chi connectivity index (χ2n) is 5.49. The van der Waals surface area contributed by atoms with Crippen molar-refractivity contribution in [1.82, 2.24) is 9.88 Å². The lowest BCUT2D eigenvalue weighted by atomic mass is 9.97. The van der Waals surface area contributed by atoms with Crippen LogP contribution in [0.3, 0.4) is 0 Å². The Hall–Kier alpha value is -2.21. The smallest absolute Gasteiger partial charge is 0.308 e. The Morgan fingerprint density at radius 2 is 1.91 bits per heavy atom. The molecular weight excluding hydrogens is 312 g/mol. The predicted octanol–water partition coefficient (Wildman–Crippen LogP) is 2.84. The Morgan fingerprint density at radius 3 is 2.57 bits per heavy atom. The molecule has 0 spiro atoms. The lowest BCUT2D eigenvalue weighted by molar-refractivity contribution is -0.146. The Kier molecular flexibility index (Phi) is 4.71. The highest BCUT2D eigenvalue weighted by Crippen LogP contribution is 2.27. The van der Waals surface area contributed by atoms with E-state index < -0.39 is 0 Å². The molecule has 0 atom stereocenters. The van der Waals surface area contributed by atoms with Crippen molar-refractivity contribution >= 4 is 23.2 Å². The zero-order valence-electron chi connectivity index (χ0n) is 12.9. The van der Waals surface area contributed by atoms with Crippen molar-refractivity contribution in [3.8, 4) is 10.6 Å². The summed E-state index contributed by atoms with van der Waals surface area (Å²) in [6.45, 7) is 1.16. The van der Waals surface area contributed by atoms with Crippen molar-refractivity contribution < 1.29 is 14.3 Å². The molecule has 0 saturated carbocycles. The summed E-state index contributed by atoms with van der Waals surface area (Å²) in [5.74, 6) is -0.278. The molecule has 120 valence electrons. The summed E-state index contributed by atoms with van der Waals surface area (Å²) in [5.41, 5.74) is 1.01. The van der Waals surface area contributed by atoms with Gasteiger partial charge in [0.25, 0.3) is 5.91 Å². The van der Waals surface area contributed by atoms with Crippen LogP contribution in [0.1, 0.15) is 22.5 Å². The number of methoxy groups -OCH3 is 1. The SMILES string of the molecule is COC(=O)C1CCN(C(=O)c2cnc(-c3ccccc3)s2)CC1. The van der Waals surface area contributed by atoms with Crippen molar-refractivity contribution in [2.24, 2.45) is 5.92 Å². The van der Waals surface area contributed by atoms with E-state index in [-0.39, 0.29) is 17.8 Å². The summed E-state index contributed by atoms with van der Waals surface area (Å²) in [6, 6.07) is 9.82. The zero-order valence-corrected chi connectivity index (χ0v) is 13.7. The number of amides is 1. The first-order valence-corrected chi connectivity index (χ1v) is 8.39. The van der Waals surface area contributed by atoms with Crippen LogP contribution < -0.4 is 0 Å². The Bertz CT molecular complexity index is 691. The number of esters is 1. The number of rotatable bonds is 3. The molecule has 1 amide bonds. The van der Waals surface area contributed by atoms with Crippen LogP contribution in [-0.4, -0.2) is 42.0 Å². The number of likely N-dealkylation sites (tertiary alicyclic amines) is 1. The van der Waals surface area contributed by atoms with Crippen LogP contribution >= 0.6 is 11.3 Å². The highest BCUT2D eigenvalue weighted by atomic mass is 32.1. The van der Waals surface area contributed by atoms with Gasteiger partial charge >= 0.3 is 5.97 Å². The maximum Gasteiger partial charge on any atom is 0.308 e. The Morgan fingerprint density at radius 1 is 1.22 bits per heavy atom. The molecular formula is C17H18N2O3S. The quantitative estimate of drug-likeness (QED) is 0.812. The van der Waals surface area contributed by atoms with Gasteiger partial charge in [-0.15, -0.1) is 11.3 Å². The number of benzene rings is 1. The molecule has 3 rings (SSSR count). The molecule has 2 aromatic rings. The van der Waals surface area contributed by atoms with E-state index in [0.29, 0.717) is 30.8 Å². The fraction of sp³-hybridized carbons (Fsp3) is 0.353. The van der Waals surface area contributed by atoms with Crippen molar-refractivity contribution in [3.63, 3.8) is 0 Å². The molecule has 1 aromatic heterocycles. The highest BCUT2D eigenvalue weighted by Gasteiger charge is 2.29. The Labute approximate surface area is 138 Å². The number of hydrogen-bond acceptors (Lipinski definition) is 5. The predicted molar refractivity (Wildman–Crippen MR) is 88.2 cm³/mol. The second kappa shape index (κ2) is 6.91. The number of piperidine rings is 1. The van der Waals surface area contributed by atoms with E-state index in [4.69, 9.17) is 4.74 Å². The maximum atomic E-state index is 12.6. The third-order valence-corrected chi connectivity index (χ3v) is 5.09. The van der Waals surface area contributed by atoms with Gasteiger partial charge in [0.2, 0.25) is 0 Å². The van der Waals surface area contributed by atoms with Gasteiger partial charge in [-0.2, -0.15) is 0 Å². The Balaban J connectivity index is 1.66. The molecule has 1 aliphatic heterocycles. The number of thiazole rings is 1. The average Bonchev–Trinajstić information content (AvgIpc) is 3.11. The van der Waals surface area contributed by atoms with Crippen LogP contribution in [0, 0.1) is 5.92 Å². The van der Waals surface area contributed by atoms with E-state index in [1.807, 2.05) is 30.3 Å². The summed E-state index contributed by atoms with van der Waals surface area (Å²) < 4.78 is 4.77. The van der Waals surface area contributed by atoms with Gasteiger partial charge in [0.15, 0.2) is 0 Å². The van der Waals surface area contributed by atoms with E-state index in [9.17, 15) is 9.59 Å². The average molecular weight is 330 g/mol. The summed E-state index contributed by atoms with van der Waals surface area (Å²) in [6.07, 6.45) is 2.95. The molecule has 1 aliphatic rings. The van der Waals surface area contributed by atoms with Crippen LogP contribution in [0.15, 0.2) is 36.5 Å². The van der Waals surface area contributed by atoms with E-state index in [1.165, 1.54) is 18.4 Å².